The lowest BCUT2D eigenvalue weighted by Crippen LogP contribution is -2.50. The maximum atomic E-state index is 13.5. The highest BCUT2D eigenvalue weighted by molar-refractivity contribution is 7.92. The normalized spacial score (nSPS) is 14.3. The molecule has 0 radical (unpaired) electrons. The molecule has 0 saturated carbocycles. The van der Waals surface area contributed by atoms with Gasteiger partial charge in [0.1, 0.15) is 25.1 Å². The Morgan fingerprint density at radius 2 is 1.69 bits per heavy atom. The molecule has 2 aromatic carbocycles. The molecule has 2 atom stereocenters. The molecule has 0 fully saturated rings. The molecule has 1 aliphatic rings. The van der Waals surface area contributed by atoms with Crippen LogP contribution < -0.4 is 19.1 Å². The summed E-state index contributed by atoms with van der Waals surface area (Å²) in [5.74, 6) is 0.0778. The van der Waals surface area contributed by atoms with Gasteiger partial charge in [0.15, 0.2) is 11.5 Å². The van der Waals surface area contributed by atoms with E-state index in [9.17, 15) is 22.4 Å². The van der Waals surface area contributed by atoms with Gasteiger partial charge < -0.3 is 19.7 Å². The second kappa shape index (κ2) is 13.6. The molecule has 9 nitrogen and oxygen atoms in total. The zero-order valence-corrected chi connectivity index (χ0v) is 23.8. The lowest BCUT2D eigenvalue weighted by molar-refractivity contribution is -0.141. The Morgan fingerprint density at radius 3 is 2.31 bits per heavy atom. The molecule has 1 N–H and O–H groups in total. The largest absolute Gasteiger partial charge is 0.486 e. The molecule has 1 aliphatic heterocycles. The first-order valence-electron chi connectivity index (χ1n) is 13.2. The highest BCUT2D eigenvalue weighted by Crippen LogP contribution is 2.34. The van der Waals surface area contributed by atoms with Gasteiger partial charge in [-0.3, -0.25) is 13.9 Å². The lowest BCUT2D eigenvalue weighted by atomic mass is 10.1. The number of amides is 2. The molecule has 0 unspecified atom stereocenters. The van der Waals surface area contributed by atoms with Crippen LogP contribution >= 0.6 is 0 Å². The highest BCUT2D eigenvalue weighted by atomic mass is 32.2. The van der Waals surface area contributed by atoms with Gasteiger partial charge in [-0.1, -0.05) is 26.0 Å². The number of hydrogen-bond donors (Lipinski definition) is 1. The summed E-state index contributed by atoms with van der Waals surface area (Å²) in [7, 11) is -3.65. The first-order valence-corrected chi connectivity index (χ1v) is 15.1. The van der Waals surface area contributed by atoms with Gasteiger partial charge in [0.2, 0.25) is 21.8 Å². The monoisotopic (exact) mass is 563 g/mol. The van der Waals surface area contributed by atoms with E-state index in [1.807, 2.05) is 20.8 Å². The van der Waals surface area contributed by atoms with Crippen LogP contribution in [-0.4, -0.2) is 63.2 Å². The third-order valence-electron chi connectivity index (χ3n) is 6.62. The van der Waals surface area contributed by atoms with Crippen LogP contribution in [0.2, 0.25) is 0 Å². The first kappa shape index (κ1) is 30.2. The van der Waals surface area contributed by atoms with E-state index in [4.69, 9.17) is 9.47 Å². The Balaban J connectivity index is 1.77. The number of nitrogens with one attached hydrogen (secondary N) is 1. The number of rotatable bonds is 13. The van der Waals surface area contributed by atoms with Crippen LogP contribution in [0, 0.1) is 5.82 Å². The van der Waals surface area contributed by atoms with E-state index in [1.54, 1.807) is 30.3 Å². The van der Waals surface area contributed by atoms with Gasteiger partial charge in [-0.25, -0.2) is 12.8 Å². The molecular formula is C28H38FN3O6S. The van der Waals surface area contributed by atoms with Crippen LogP contribution in [0.3, 0.4) is 0 Å². The van der Waals surface area contributed by atoms with Crippen molar-refractivity contribution >= 4 is 27.5 Å². The van der Waals surface area contributed by atoms with E-state index in [0.29, 0.717) is 42.4 Å². The van der Waals surface area contributed by atoms with Crippen molar-refractivity contribution in [3.8, 4) is 11.5 Å². The average Bonchev–Trinajstić information content (AvgIpc) is 2.90. The van der Waals surface area contributed by atoms with Crippen LogP contribution in [0.25, 0.3) is 0 Å². The second-order valence-corrected chi connectivity index (χ2v) is 11.6. The summed E-state index contributed by atoms with van der Waals surface area (Å²) in [5, 5.41) is 2.95. The highest BCUT2D eigenvalue weighted by Gasteiger charge is 2.29. The zero-order chi connectivity index (χ0) is 28.6. The number of ether oxygens (including phenoxy) is 2. The number of hydrogen-bond acceptors (Lipinski definition) is 6. The zero-order valence-electron chi connectivity index (χ0n) is 23.0. The van der Waals surface area contributed by atoms with E-state index in [2.05, 4.69) is 5.32 Å². The Hall–Kier alpha value is -3.34. The third-order valence-corrected chi connectivity index (χ3v) is 7.81. The Labute approximate surface area is 230 Å². The van der Waals surface area contributed by atoms with Gasteiger partial charge in [0.05, 0.1) is 11.9 Å². The van der Waals surface area contributed by atoms with Crippen LogP contribution in [0.15, 0.2) is 42.5 Å². The maximum absolute atomic E-state index is 13.5. The molecule has 39 heavy (non-hydrogen) atoms. The van der Waals surface area contributed by atoms with E-state index in [-0.39, 0.29) is 43.8 Å². The van der Waals surface area contributed by atoms with Gasteiger partial charge in [-0.05, 0) is 56.0 Å². The van der Waals surface area contributed by atoms with Crippen molar-refractivity contribution in [2.24, 2.45) is 0 Å². The summed E-state index contributed by atoms with van der Waals surface area (Å²) < 4.78 is 51.1. The number of halogens is 1. The standard InChI is InChI=1S/C28H38FN3O6S/c1-5-20(3)30-28(34)24(6-2)31(19-21-9-11-22(29)12-10-21)27(33)8-7-15-32(39(4,35)36)23-13-14-25-26(18-23)38-17-16-37-25/h9-14,18,20,24H,5-8,15-17,19H2,1-4H3,(H,30,34)/t20-,24-/m1/s1. The summed E-state index contributed by atoms with van der Waals surface area (Å²) in [6, 6.07) is 9.95. The summed E-state index contributed by atoms with van der Waals surface area (Å²) in [6.07, 6.45) is 2.49. The third kappa shape index (κ3) is 8.32. The number of nitrogens with zero attached hydrogens (tertiary/aromatic N) is 2. The van der Waals surface area contributed by atoms with Gasteiger partial charge >= 0.3 is 0 Å². The molecule has 2 aromatic rings. The molecule has 2 amide bonds. The number of benzene rings is 2. The summed E-state index contributed by atoms with van der Waals surface area (Å²) in [5.41, 5.74) is 1.10. The summed E-state index contributed by atoms with van der Waals surface area (Å²) in [4.78, 5) is 28.1. The van der Waals surface area contributed by atoms with Gasteiger partial charge in [-0.2, -0.15) is 0 Å². The van der Waals surface area contributed by atoms with E-state index >= 15 is 0 Å². The number of anilines is 1. The summed E-state index contributed by atoms with van der Waals surface area (Å²) in [6.45, 7) is 6.67. The SMILES string of the molecule is CC[C@@H](C)NC(=O)[C@@H](CC)N(Cc1ccc(F)cc1)C(=O)CCCN(c1ccc2c(c1)OCCO2)S(C)(=O)=O. The molecular weight excluding hydrogens is 525 g/mol. The molecule has 11 heteroatoms. The molecule has 214 valence electrons. The van der Waals surface area contributed by atoms with E-state index < -0.39 is 21.9 Å². The summed E-state index contributed by atoms with van der Waals surface area (Å²) >= 11 is 0. The minimum atomic E-state index is -3.65. The van der Waals surface area contributed by atoms with Crippen LogP contribution in [0.4, 0.5) is 10.1 Å². The lowest BCUT2D eigenvalue weighted by Gasteiger charge is -2.32. The quantitative estimate of drug-likeness (QED) is 0.397. The van der Waals surface area contributed by atoms with Crippen molar-refractivity contribution in [1.82, 2.24) is 10.2 Å². The predicted molar refractivity (Wildman–Crippen MR) is 148 cm³/mol. The Morgan fingerprint density at radius 1 is 1.03 bits per heavy atom. The van der Waals surface area contributed by atoms with Crippen molar-refractivity contribution < 1.29 is 31.9 Å². The molecule has 1 heterocycles. The fourth-order valence-electron chi connectivity index (χ4n) is 4.34. The Bertz CT molecular complexity index is 1240. The molecule has 0 aliphatic carbocycles. The van der Waals surface area contributed by atoms with Crippen molar-refractivity contribution in [1.29, 1.82) is 0 Å². The smallest absolute Gasteiger partial charge is 0.243 e. The van der Waals surface area contributed by atoms with E-state index in [1.165, 1.54) is 21.3 Å². The number of fused-ring (bicyclic) bond motifs is 1. The number of carbonyl (C=O) groups is 2. The van der Waals surface area contributed by atoms with Crippen LogP contribution in [0.1, 0.15) is 52.0 Å². The van der Waals surface area contributed by atoms with Gasteiger partial charge in [0, 0.05) is 31.6 Å². The predicted octanol–water partition coefficient (Wildman–Crippen LogP) is 3.87. The minimum absolute atomic E-state index is 0.0187. The van der Waals surface area contributed by atoms with Crippen molar-refractivity contribution in [2.75, 3.05) is 30.3 Å². The molecule has 3 rings (SSSR count). The average molecular weight is 564 g/mol. The number of carbonyl (C=O) groups excluding carboxylic acids is 2. The van der Waals surface area contributed by atoms with Gasteiger partial charge in [0.25, 0.3) is 0 Å². The Kier molecular flexibility index (Phi) is 10.6. The molecule has 0 saturated heterocycles. The second-order valence-electron chi connectivity index (χ2n) is 9.66. The fraction of sp³-hybridized carbons (Fsp3) is 0.500. The van der Waals surface area contributed by atoms with Crippen molar-refractivity contribution in [3.63, 3.8) is 0 Å². The van der Waals surface area contributed by atoms with E-state index in [0.717, 1.165) is 12.7 Å². The number of sulfonamides is 1. The van der Waals surface area contributed by atoms with Crippen molar-refractivity contribution in [3.05, 3.63) is 53.8 Å². The first-order chi connectivity index (χ1) is 18.5. The topological polar surface area (TPSA) is 105 Å². The van der Waals surface area contributed by atoms with Crippen LogP contribution in [-0.2, 0) is 26.2 Å². The molecule has 0 aromatic heterocycles. The molecule has 0 spiro atoms. The molecule has 0 bridgehead atoms. The van der Waals surface area contributed by atoms with Gasteiger partial charge in [-0.15, -0.1) is 0 Å². The maximum Gasteiger partial charge on any atom is 0.243 e. The minimum Gasteiger partial charge on any atom is -0.486 e. The van der Waals surface area contributed by atoms with Crippen LogP contribution in [0.5, 0.6) is 11.5 Å². The fourth-order valence-corrected chi connectivity index (χ4v) is 5.30. The van der Waals surface area contributed by atoms with Crippen molar-refractivity contribution in [2.45, 2.75) is 65.1 Å².